The Morgan fingerprint density at radius 2 is 1.05 bits per heavy atom. The summed E-state index contributed by atoms with van der Waals surface area (Å²) in [5.41, 5.74) is 4.13. The van der Waals surface area contributed by atoms with Gasteiger partial charge in [-0.25, -0.2) is 4.57 Å². The molecule has 254 valence electrons. The van der Waals surface area contributed by atoms with Crippen LogP contribution in [0, 0.1) is 0 Å². The van der Waals surface area contributed by atoms with E-state index in [0.717, 1.165) is 38.6 Å². The van der Waals surface area contributed by atoms with Crippen LogP contribution in [0.4, 0.5) is 0 Å². The molecule has 0 saturated carbocycles. The molecule has 1 heterocycles. The summed E-state index contributed by atoms with van der Waals surface area (Å²) in [4.78, 5) is 2.13. The van der Waals surface area contributed by atoms with Gasteiger partial charge >= 0.3 is 7.82 Å². The highest BCUT2D eigenvalue weighted by molar-refractivity contribution is 7.48. The third-order valence-corrected chi connectivity index (χ3v) is 9.72. The Morgan fingerprint density at radius 1 is 0.651 bits per heavy atom. The molecule has 0 aromatic carbocycles. The third-order valence-electron chi connectivity index (χ3n) is 8.37. The number of unbranched alkanes of at least 4 members (excludes halogenated alkanes) is 22. The van der Waals surface area contributed by atoms with Crippen molar-refractivity contribution in [2.75, 3.05) is 33.4 Å². The fraction of sp³-hybridized carbons (Fsp3) is 0.889. The molecule has 1 rings (SSSR count). The van der Waals surface area contributed by atoms with E-state index >= 15 is 0 Å². The molecule has 0 saturated heterocycles. The highest BCUT2D eigenvalue weighted by Gasteiger charge is 2.27. The monoisotopic (exact) mass is 627 g/mol. The molecule has 0 atom stereocenters. The van der Waals surface area contributed by atoms with Crippen LogP contribution >= 0.6 is 7.82 Å². The largest absolute Gasteiger partial charge is 0.491 e. The van der Waals surface area contributed by atoms with Crippen LogP contribution in [0.25, 0.3) is 0 Å². The average Bonchev–Trinajstić information content (AvgIpc) is 3.01. The number of likely N-dealkylation sites (N-methyl/N-ethyl adjacent to an activating group) is 1. The standard InChI is InChI=1S/C36H71N2O4P/c1-4-6-8-10-12-14-16-18-20-22-24-26-34-40-43(39,42-37-31-28-36-29-32-38(3)33-30-36)41-35-27-25-23-21-19-17-15-13-11-9-7-5-2/h29-30,32,37H,4-28,31,33-35H2,1-3H3. The summed E-state index contributed by atoms with van der Waals surface area (Å²) in [7, 11) is -1.56. The Bertz CT molecular complexity index is 681. The average molecular weight is 627 g/mol. The van der Waals surface area contributed by atoms with Gasteiger partial charge in [-0.05, 0) is 37.1 Å². The molecular weight excluding hydrogens is 555 g/mol. The quantitative estimate of drug-likeness (QED) is 0.0444. The smallest absolute Gasteiger partial charge is 0.377 e. The van der Waals surface area contributed by atoms with Crippen molar-refractivity contribution in [3.05, 3.63) is 23.9 Å². The first-order valence-electron chi connectivity index (χ1n) is 18.5. The predicted molar refractivity (Wildman–Crippen MR) is 185 cm³/mol. The van der Waals surface area contributed by atoms with E-state index in [0.29, 0.717) is 19.8 Å². The van der Waals surface area contributed by atoms with Gasteiger partial charge in [0.15, 0.2) is 0 Å². The number of rotatable bonds is 33. The Balaban J connectivity index is 2.19. The lowest BCUT2D eigenvalue weighted by molar-refractivity contribution is 0.0699. The van der Waals surface area contributed by atoms with Crippen LogP contribution in [-0.4, -0.2) is 38.3 Å². The molecule has 0 spiro atoms. The van der Waals surface area contributed by atoms with Crippen molar-refractivity contribution in [3.8, 4) is 0 Å². The number of nitrogens with zero attached hydrogens (tertiary/aromatic N) is 1. The molecule has 0 amide bonds. The van der Waals surface area contributed by atoms with Gasteiger partial charge < -0.3 is 4.90 Å². The summed E-state index contributed by atoms with van der Waals surface area (Å²) in [6.45, 7) is 6.85. The Hall–Kier alpha value is -0.650. The van der Waals surface area contributed by atoms with Gasteiger partial charge in [-0.2, -0.15) is 10.1 Å². The summed E-state index contributed by atoms with van der Waals surface area (Å²) in [5, 5.41) is 0. The molecule has 0 aromatic rings. The first-order chi connectivity index (χ1) is 21.1. The van der Waals surface area contributed by atoms with Gasteiger partial charge in [-0.3, -0.25) is 9.05 Å². The van der Waals surface area contributed by atoms with E-state index in [1.807, 2.05) is 0 Å². The van der Waals surface area contributed by atoms with E-state index in [4.69, 9.17) is 13.7 Å². The lowest BCUT2D eigenvalue weighted by Gasteiger charge is -2.19. The maximum atomic E-state index is 13.3. The number of hydrogen-bond donors (Lipinski definition) is 1. The minimum Gasteiger partial charge on any atom is -0.377 e. The maximum absolute atomic E-state index is 13.3. The van der Waals surface area contributed by atoms with Crippen LogP contribution in [0.3, 0.4) is 0 Å². The second kappa shape index (κ2) is 30.0. The zero-order valence-corrected chi connectivity index (χ0v) is 29.7. The summed E-state index contributed by atoms with van der Waals surface area (Å²) in [5.74, 6) is 0. The first-order valence-corrected chi connectivity index (χ1v) is 19.9. The minimum absolute atomic E-state index is 0.412. The van der Waals surface area contributed by atoms with Gasteiger partial charge in [-0.15, -0.1) is 0 Å². The Labute approximate surface area is 267 Å². The molecule has 1 aliphatic rings. The van der Waals surface area contributed by atoms with Crippen molar-refractivity contribution in [1.82, 2.24) is 10.4 Å². The number of hydrogen-bond acceptors (Lipinski definition) is 6. The van der Waals surface area contributed by atoms with Gasteiger partial charge in [-0.1, -0.05) is 161 Å². The normalized spacial score (nSPS) is 13.7. The van der Waals surface area contributed by atoms with Crippen LogP contribution in [-0.2, 0) is 18.2 Å². The second-order valence-electron chi connectivity index (χ2n) is 12.7. The third kappa shape index (κ3) is 26.3. The maximum Gasteiger partial charge on any atom is 0.491 e. The van der Waals surface area contributed by atoms with Crippen molar-refractivity contribution >= 4 is 7.82 Å². The molecule has 0 aromatic heterocycles. The van der Waals surface area contributed by atoms with Gasteiger partial charge in [0, 0.05) is 20.1 Å². The minimum atomic E-state index is -3.62. The van der Waals surface area contributed by atoms with Crippen molar-refractivity contribution in [2.24, 2.45) is 0 Å². The summed E-state index contributed by atoms with van der Waals surface area (Å²) in [6.07, 6.45) is 38.0. The second-order valence-corrected chi connectivity index (χ2v) is 14.3. The van der Waals surface area contributed by atoms with Crippen molar-refractivity contribution in [1.29, 1.82) is 0 Å². The van der Waals surface area contributed by atoms with Gasteiger partial charge in [0.05, 0.1) is 13.2 Å². The zero-order valence-electron chi connectivity index (χ0n) is 28.8. The number of phosphoric acid groups is 1. The van der Waals surface area contributed by atoms with Crippen LogP contribution in [0.5, 0.6) is 0 Å². The predicted octanol–water partition coefficient (Wildman–Crippen LogP) is 11.8. The Kier molecular flexibility index (Phi) is 28.2. The fourth-order valence-electron chi connectivity index (χ4n) is 5.45. The number of allylic oxidation sites excluding steroid dienone is 1. The molecule has 0 fully saturated rings. The molecule has 7 heteroatoms. The summed E-state index contributed by atoms with van der Waals surface area (Å²) in [6, 6.07) is 0. The zero-order chi connectivity index (χ0) is 31.1. The molecule has 1 aliphatic heterocycles. The van der Waals surface area contributed by atoms with Crippen LogP contribution in [0.1, 0.15) is 174 Å². The van der Waals surface area contributed by atoms with Crippen LogP contribution in [0.2, 0.25) is 0 Å². The van der Waals surface area contributed by atoms with E-state index in [2.05, 4.69) is 49.6 Å². The molecule has 0 radical (unpaired) electrons. The topological polar surface area (TPSA) is 60.0 Å². The molecule has 43 heavy (non-hydrogen) atoms. The molecule has 0 aliphatic carbocycles. The molecule has 1 N–H and O–H groups in total. The highest BCUT2D eigenvalue weighted by Crippen LogP contribution is 2.48. The molecule has 0 unspecified atom stereocenters. The van der Waals surface area contributed by atoms with Gasteiger partial charge in [0.2, 0.25) is 0 Å². The SMILES string of the molecule is CCCCCCCCCCCCCCOP(=O)(OCCCCCCCCCCCCCC)ONCCC1=CCN(C)C=C1. The first kappa shape index (κ1) is 40.4. The van der Waals surface area contributed by atoms with Crippen molar-refractivity contribution in [2.45, 2.75) is 174 Å². The van der Waals surface area contributed by atoms with E-state index in [1.165, 1.54) is 134 Å². The van der Waals surface area contributed by atoms with Crippen LogP contribution < -0.4 is 5.48 Å². The fourth-order valence-corrected chi connectivity index (χ4v) is 6.58. The molecular formula is C36H71N2O4P. The molecule has 6 nitrogen and oxygen atoms in total. The lowest BCUT2D eigenvalue weighted by Crippen LogP contribution is -2.19. The van der Waals surface area contributed by atoms with Crippen molar-refractivity contribution in [3.63, 3.8) is 0 Å². The summed E-state index contributed by atoms with van der Waals surface area (Å²) < 4.78 is 30.4. The summed E-state index contributed by atoms with van der Waals surface area (Å²) >= 11 is 0. The van der Waals surface area contributed by atoms with E-state index in [1.54, 1.807) is 0 Å². The molecule has 0 bridgehead atoms. The van der Waals surface area contributed by atoms with E-state index in [-0.39, 0.29) is 0 Å². The van der Waals surface area contributed by atoms with Crippen LogP contribution in [0.15, 0.2) is 23.9 Å². The van der Waals surface area contributed by atoms with Crippen molar-refractivity contribution < 1.29 is 18.2 Å². The Morgan fingerprint density at radius 3 is 1.42 bits per heavy atom. The van der Waals surface area contributed by atoms with E-state index < -0.39 is 7.82 Å². The number of nitrogens with one attached hydrogen (secondary N) is 1. The van der Waals surface area contributed by atoms with Gasteiger partial charge in [0.25, 0.3) is 0 Å². The lowest BCUT2D eigenvalue weighted by atomic mass is 10.1. The number of hydroxylamine groups is 1. The highest BCUT2D eigenvalue weighted by atomic mass is 31.2. The van der Waals surface area contributed by atoms with Gasteiger partial charge in [0.1, 0.15) is 0 Å². The van der Waals surface area contributed by atoms with E-state index in [9.17, 15) is 4.57 Å². The number of phosphoric ester groups is 1.